The van der Waals surface area contributed by atoms with E-state index in [4.69, 9.17) is 8.94 Å². The normalized spacial score (nSPS) is 11.2. The Labute approximate surface area is 189 Å². The maximum absolute atomic E-state index is 14.4. The molecular formula is C25H23F2N3O3. The monoisotopic (exact) mass is 451 g/mol. The van der Waals surface area contributed by atoms with Crippen LogP contribution in [0.15, 0.2) is 69.8 Å². The minimum atomic E-state index is -0.833. The van der Waals surface area contributed by atoms with Crippen LogP contribution in [-0.4, -0.2) is 16.0 Å². The van der Waals surface area contributed by atoms with Crippen LogP contribution >= 0.6 is 0 Å². The van der Waals surface area contributed by atoms with Crippen LogP contribution in [0.25, 0.3) is 11.4 Å². The summed E-state index contributed by atoms with van der Waals surface area (Å²) in [5.41, 5.74) is 1.99. The maximum atomic E-state index is 14.4. The molecule has 0 saturated heterocycles. The first-order valence-corrected chi connectivity index (χ1v) is 10.6. The van der Waals surface area contributed by atoms with Crippen molar-refractivity contribution >= 4 is 11.6 Å². The van der Waals surface area contributed by atoms with Gasteiger partial charge in [-0.15, -0.1) is 0 Å². The molecule has 0 unspecified atom stereocenters. The van der Waals surface area contributed by atoms with Crippen molar-refractivity contribution in [3.05, 3.63) is 89.7 Å². The molecule has 0 aliphatic carbocycles. The highest BCUT2D eigenvalue weighted by atomic mass is 19.1. The average Bonchev–Trinajstić information content (AvgIpc) is 3.48. The lowest BCUT2D eigenvalue weighted by molar-refractivity contribution is -0.118. The smallest absolute Gasteiger partial charge is 0.228 e. The van der Waals surface area contributed by atoms with Crippen molar-refractivity contribution in [2.24, 2.45) is 0 Å². The van der Waals surface area contributed by atoms with E-state index in [0.717, 1.165) is 17.7 Å². The number of carbonyl (C=O) groups excluding carboxylic acids is 1. The van der Waals surface area contributed by atoms with Crippen LogP contribution < -0.4 is 4.90 Å². The molecule has 6 nitrogen and oxygen atoms in total. The fourth-order valence-corrected chi connectivity index (χ4v) is 3.41. The highest BCUT2D eigenvalue weighted by molar-refractivity contribution is 5.93. The highest BCUT2D eigenvalue weighted by Crippen LogP contribution is 2.25. The molecule has 0 aliphatic heterocycles. The van der Waals surface area contributed by atoms with Crippen LogP contribution in [0.2, 0.25) is 0 Å². The third-order valence-corrected chi connectivity index (χ3v) is 5.25. The summed E-state index contributed by atoms with van der Waals surface area (Å²) in [7, 11) is 0. The van der Waals surface area contributed by atoms with E-state index < -0.39 is 17.5 Å². The Hall–Kier alpha value is -3.81. The second-order valence-electron chi connectivity index (χ2n) is 7.94. The fourth-order valence-electron chi connectivity index (χ4n) is 3.41. The first kappa shape index (κ1) is 22.4. The average molecular weight is 451 g/mol. The summed E-state index contributed by atoms with van der Waals surface area (Å²) in [6.45, 7) is 4.24. The van der Waals surface area contributed by atoms with Gasteiger partial charge in [0.15, 0.2) is 0 Å². The number of hydrogen-bond donors (Lipinski definition) is 0. The number of hydrogen-bond acceptors (Lipinski definition) is 5. The van der Waals surface area contributed by atoms with Gasteiger partial charge in [-0.2, -0.15) is 4.98 Å². The lowest BCUT2D eigenvalue weighted by Gasteiger charge is -2.22. The summed E-state index contributed by atoms with van der Waals surface area (Å²) in [5, 5.41) is 4.00. The summed E-state index contributed by atoms with van der Waals surface area (Å²) in [5.74, 6) is -0.328. The number of anilines is 1. The fraction of sp³-hybridized carbons (Fsp3) is 0.240. The van der Waals surface area contributed by atoms with Gasteiger partial charge < -0.3 is 13.8 Å². The summed E-state index contributed by atoms with van der Waals surface area (Å²) in [6.07, 6.45) is 1.63. The predicted molar refractivity (Wildman–Crippen MR) is 118 cm³/mol. The molecule has 8 heteroatoms. The van der Waals surface area contributed by atoms with Crippen LogP contribution in [-0.2, 0) is 17.8 Å². The van der Waals surface area contributed by atoms with Gasteiger partial charge >= 0.3 is 0 Å². The Morgan fingerprint density at radius 3 is 2.55 bits per heavy atom. The van der Waals surface area contributed by atoms with Crippen molar-refractivity contribution in [1.29, 1.82) is 0 Å². The Kier molecular flexibility index (Phi) is 6.63. The Morgan fingerprint density at radius 1 is 1.09 bits per heavy atom. The van der Waals surface area contributed by atoms with Gasteiger partial charge in [-0.1, -0.05) is 43.3 Å². The van der Waals surface area contributed by atoms with E-state index in [1.165, 1.54) is 22.8 Å². The van der Waals surface area contributed by atoms with Crippen molar-refractivity contribution in [2.45, 2.75) is 39.2 Å². The molecule has 0 radical (unpaired) electrons. The van der Waals surface area contributed by atoms with E-state index in [1.54, 1.807) is 12.1 Å². The molecule has 33 heavy (non-hydrogen) atoms. The van der Waals surface area contributed by atoms with Crippen LogP contribution in [0.4, 0.5) is 14.5 Å². The molecule has 4 aromatic rings. The summed E-state index contributed by atoms with van der Waals surface area (Å²) in [4.78, 5) is 18.6. The standard InChI is InChI=1S/C25H23F2N3O3/c1-16(2)17-5-7-18(8-6-17)25-28-23(33-29-25)11-12-24(31)30(15-20-4-3-13-32-20)22-10-9-19(26)14-21(22)27/h3-10,13-14,16H,11-12,15H2,1-2H3. The highest BCUT2D eigenvalue weighted by Gasteiger charge is 2.22. The lowest BCUT2D eigenvalue weighted by Crippen LogP contribution is -2.31. The molecule has 0 N–H and O–H groups in total. The van der Waals surface area contributed by atoms with Crippen molar-refractivity contribution in [3.63, 3.8) is 0 Å². The number of nitrogens with zero attached hydrogens (tertiary/aromatic N) is 3. The lowest BCUT2D eigenvalue weighted by atomic mass is 10.0. The SMILES string of the molecule is CC(C)c1ccc(-c2noc(CCC(=O)N(Cc3ccco3)c3ccc(F)cc3F)n2)cc1. The van der Waals surface area contributed by atoms with E-state index in [-0.39, 0.29) is 25.1 Å². The van der Waals surface area contributed by atoms with Crippen LogP contribution in [0.1, 0.15) is 43.4 Å². The van der Waals surface area contributed by atoms with E-state index in [9.17, 15) is 13.6 Å². The molecule has 1 amide bonds. The van der Waals surface area contributed by atoms with E-state index >= 15 is 0 Å². The number of amides is 1. The molecule has 0 bridgehead atoms. The Bertz CT molecular complexity index is 1220. The number of halogens is 2. The summed E-state index contributed by atoms with van der Waals surface area (Å²) >= 11 is 0. The van der Waals surface area contributed by atoms with Gasteiger partial charge in [0.05, 0.1) is 18.5 Å². The van der Waals surface area contributed by atoms with Crippen molar-refractivity contribution in [3.8, 4) is 11.4 Å². The zero-order valence-corrected chi connectivity index (χ0v) is 18.3. The third-order valence-electron chi connectivity index (χ3n) is 5.25. The number of carbonyl (C=O) groups is 1. The van der Waals surface area contributed by atoms with E-state index in [2.05, 4.69) is 24.0 Å². The molecule has 0 aliphatic rings. The second-order valence-corrected chi connectivity index (χ2v) is 7.94. The molecule has 2 heterocycles. The predicted octanol–water partition coefficient (Wildman–Crippen LogP) is 5.90. The van der Waals surface area contributed by atoms with Gasteiger partial charge in [0.25, 0.3) is 0 Å². The van der Waals surface area contributed by atoms with Crippen molar-refractivity contribution in [1.82, 2.24) is 10.1 Å². The molecule has 170 valence electrons. The Morgan fingerprint density at radius 2 is 1.88 bits per heavy atom. The quantitative estimate of drug-likeness (QED) is 0.334. The van der Waals surface area contributed by atoms with Gasteiger partial charge in [-0.25, -0.2) is 8.78 Å². The Balaban J connectivity index is 1.47. The minimum absolute atomic E-state index is 0.00562. The number of aromatic nitrogens is 2. The molecule has 0 atom stereocenters. The van der Waals surface area contributed by atoms with Crippen molar-refractivity contribution in [2.75, 3.05) is 4.90 Å². The van der Waals surface area contributed by atoms with E-state index in [0.29, 0.717) is 23.4 Å². The number of rotatable bonds is 8. The van der Waals surface area contributed by atoms with Gasteiger partial charge in [-0.05, 0) is 35.7 Å². The molecule has 2 aromatic carbocycles. The topological polar surface area (TPSA) is 72.4 Å². The molecule has 0 fully saturated rings. The van der Waals surface area contributed by atoms with Crippen molar-refractivity contribution < 1.29 is 22.5 Å². The van der Waals surface area contributed by atoms with Crippen LogP contribution in [0.3, 0.4) is 0 Å². The van der Waals surface area contributed by atoms with Crippen LogP contribution in [0.5, 0.6) is 0 Å². The molecule has 0 spiro atoms. The first-order valence-electron chi connectivity index (χ1n) is 10.6. The summed E-state index contributed by atoms with van der Waals surface area (Å²) in [6, 6.07) is 14.3. The summed E-state index contributed by atoms with van der Waals surface area (Å²) < 4.78 is 38.4. The zero-order valence-electron chi connectivity index (χ0n) is 18.3. The van der Waals surface area contributed by atoms with E-state index in [1.807, 2.05) is 24.3 Å². The van der Waals surface area contributed by atoms with Gasteiger partial charge in [0.1, 0.15) is 17.4 Å². The molecule has 4 rings (SSSR count). The minimum Gasteiger partial charge on any atom is -0.467 e. The maximum Gasteiger partial charge on any atom is 0.228 e. The largest absolute Gasteiger partial charge is 0.467 e. The second kappa shape index (κ2) is 9.77. The number of benzene rings is 2. The molecular weight excluding hydrogens is 428 g/mol. The number of aryl methyl sites for hydroxylation is 1. The molecule has 0 saturated carbocycles. The third kappa shape index (κ3) is 5.34. The van der Waals surface area contributed by atoms with Gasteiger partial charge in [0.2, 0.25) is 17.6 Å². The number of furan rings is 1. The van der Waals surface area contributed by atoms with Gasteiger partial charge in [-0.3, -0.25) is 4.79 Å². The zero-order chi connectivity index (χ0) is 23.4. The van der Waals surface area contributed by atoms with Gasteiger partial charge in [0, 0.05) is 24.5 Å². The first-order chi connectivity index (χ1) is 15.9. The molecule has 2 aromatic heterocycles. The van der Waals surface area contributed by atoms with Crippen LogP contribution in [0, 0.1) is 11.6 Å².